The standard InChI is InChI=1S/C18H32N2O3/c1-3-7-17(21)20-12-5-4-9-16(20)18(22)19-14(2)10-11-15-8-6-13-23-15/h14-16H,3-13H2,1-2H3,(H,19,22)/t14-,15-,16-/m1/s1. The molecule has 3 atom stereocenters. The molecule has 0 aromatic rings. The number of piperidine rings is 1. The van der Waals surface area contributed by atoms with Gasteiger partial charge in [-0.25, -0.2) is 0 Å². The predicted molar refractivity (Wildman–Crippen MR) is 90.1 cm³/mol. The second kappa shape index (κ2) is 9.26. The highest BCUT2D eigenvalue weighted by molar-refractivity contribution is 5.88. The van der Waals surface area contributed by atoms with E-state index in [2.05, 4.69) is 5.32 Å². The normalized spacial score (nSPS) is 26.1. The summed E-state index contributed by atoms with van der Waals surface area (Å²) in [4.78, 5) is 26.6. The molecular weight excluding hydrogens is 292 g/mol. The molecule has 0 aromatic carbocycles. The minimum atomic E-state index is -0.270. The largest absolute Gasteiger partial charge is 0.378 e. The number of amides is 2. The third-order valence-electron chi connectivity index (χ3n) is 4.92. The van der Waals surface area contributed by atoms with Crippen LogP contribution in [0.25, 0.3) is 0 Å². The molecule has 0 bridgehead atoms. The van der Waals surface area contributed by atoms with Crippen LogP contribution in [0, 0.1) is 0 Å². The van der Waals surface area contributed by atoms with E-state index in [1.807, 2.05) is 13.8 Å². The Morgan fingerprint density at radius 3 is 2.78 bits per heavy atom. The summed E-state index contributed by atoms with van der Waals surface area (Å²) in [6.45, 7) is 5.65. The fraction of sp³-hybridized carbons (Fsp3) is 0.889. The van der Waals surface area contributed by atoms with Crippen molar-refractivity contribution >= 4 is 11.8 Å². The van der Waals surface area contributed by atoms with Crippen LogP contribution in [-0.4, -0.2) is 48.1 Å². The smallest absolute Gasteiger partial charge is 0.243 e. The molecule has 2 saturated heterocycles. The summed E-state index contributed by atoms with van der Waals surface area (Å²) in [5.41, 5.74) is 0. The molecule has 132 valence electrons. The lowest BCUT2D eigenvalue weighted by Crippen LogP contribution is -2.53. The number of nitrogens with one attached hydrogen (secondary N) is 1. The Kier molecular flexibility index (Phi) is 7.34. The second-order valence-corrected chi connectivity index (χ2v) is 6.97. The molecule has 2 aliphatic heterocycles. The maximum atomic E-state index is 12.6. The van der Waals surface area contributed by atoms with Gasteiger partial charge in [-0.1, -0.05) is 6.92 Å². The van der Waals surface area contributed by atoms with E-state index in [1.165, 1.54) is 0 Å². The molecule has 0 aromatic heterocycles. The molecule has 2 rings (SSSR count). The molecule has 0 aliphatic carbocycles. The Morgan fingerprint density at radius 1 is 1.26 bits per heavy atom. The first-order valence-electron chi connectivity index (χ1n) is 9.33. The van der Waals surface area contributed by atoms with Crippen LogP contribution >= 0.6 is 0 Å². The van der Waals surface area contributed by atoms with Gasteiger partial charge in [0.05, 0.1) is 6.10 Å². The van der Waals surface area contributed by atoms with Crippen molar-refractivity contribution in [3.63, 3.8) is 0 Å². The molecule has 1 N–H and O–H groups in total. The van der Waals surface area contributed by atoms with Gasteiger partial charge in [-0.15, -0.1) is 0 Å². The van der Waals surface area contributed by atoms with Gasteiger partial charge < -0.3 is 15.0 Å². The van der Waals surface area contributed by atoms with Crippen LogP contribution in [0.15, 0.2) is 0 Å². The molecular formula is C18H32N2O3. The maximum absolute atomic E-state index is 12.6. The Bertz CT molecular complexity index is 394. The van der Waals surface area contributed by atoms with Crippen LogP contribution in [-0.2, 0) is 14.3 Å². The summed E-state index contributed by atoms with van der Waals surface area (Å²) in [7, 11) is 0. The van der Waals surface area contributed by atoms with Gasteiger partial charge in [0.2, 0.25) is 11.8 Å². The highest BCUT2D eigenvalue weighted by atomic mass is 16.5. The topological polar surface area (TPSA) is 58.6 Å². The molecule has 0 unspecified atom stereocenters. The number of hydrogen-bond acceptors (Lipinski definition) is 3. The molecule has 2 amide bonds. The highest BCUT2D eigenvalue weighted by Crippen LogP contribution is 2.20. The van der Waals surface area contributed by atoms with E-state index in [-0.39, 0.29) is 23.9 Å². The van der Waals surface area contributed by atoms with Crippen molar-refractivity contribution in [3.8, 4) is 0 Å². The average molecular weight is 324 g/mol. The summed E-state index contributed by atoms with van der Waals surface area (Å²) < 4.78 is 5.63. The van der Waals surface area contributed by atoms with Crippen LogP contribution in [0.2, 0.25) is 0 Å². The van der Waals surface area contributed by atoms with E-state index in [0.29, 0.717) is 12.5 Å². The lowest BCUT2D eigenvalue weighted by atomic mass is 9.99. The summed E-state index contributed by atoms with van der Waals surface area (Å²) in [5.74, 6) is 0.147. The van der Waals surface area contributed by atoms with Crippen molar-refractivity contribution in [1.29, 1.82) is 0 Å². The SMILES string of the molecule is CCCC(=O)N1CCCC[C@@H]1C(=O)N[C@H](C)CC[C@H]1CCCO1. The fourth-order valence-corrected chi connectivity index (χ4v) is 3.58. The van der Waals surface area contributed by atoms with Crippen LogP contribution in [0.5, 0.6) is 0 Å². The maximum Gasteiger partial charge on any atom is 0.243 e. The lowest BCUT2D eigenvalue weighted by molar-refractivity contribution is -0.142. The highest BCUT2D eigenvalue weighted by Gasteiger charge is 2.32. The van der Waals surface area contributed by atoms with E-state index in [9.17, 15) is 9.59 Å². The Balaban J connectivity index is 1.80. The molecule has 0 radical (unpaired) electrons. The van der Waals surface area contributed by atoms with Crippen LogP contribution < -0.4 is 5.32 Å². The Labute approximate surface area is 140 Å². The number of ether oxygens (including phenoxy) is 1. The molecule has 2 heterocycles. The molecule has 2 fully saturated rings. The third-order valence-corrected chi connectivity index (χ3v) is 4.92. The lowest BCUT2D eigenvalue weighted by Gasteiger charge is -2.35. The van der Waals surface area contributed by atoms with Crippen molar-refractivity contribution in [3.05, 3.63) is 0 Å². The third kappa shape index (κ3) is 5.48. The van der Waals surface area contributed by atoms with Crippen molar-refractivity contribution in [2.45, 2.75) is 89.8 Å². The quantitative estimate of drug-likeness (QED) is 0.783. The van der Waals surface area contributed by atoms with Crippen molar-refractivity contribution in [2.75, 3.05) is 13.2 Å². The van der Waals surface area contributed by atoms with E-state index in [4.69, 9.17) is 4.74 Å². The number of likely N-dealkylation sites (tertiary alicyclic amines) is 1. The van der Waals surface area contributed by atoms with Crippen LogP contribution in [0.1, 0.15) is 71.6 Å². The summed E-state index contributed by atoms with van der Waals surface area (Å²) in [5, 5.41) is 3.11. The number of carbonyl (C=O) groups excluding carboxylic acids is 2. The van der Waals surface area contributed by atoms with Gasteiger partial charge in [0, 0.05) is 25.6 Å². The van der Waals surface area contributed by atoms with Gasteiger partial charge in [0.15, 0.2) is 0 Å². The van der Waals surface area contributed by atoms with E-state index in [1.54, 1.807) is 4.90 Å². The number of rotatable bonds is 7. The van der Waals surface area contributed by atoms with Gasteiger partial charge in [-0.2, -0.15) is 0 Å². The van der Waals surface area contributed by atoms with E-state index >= 15 is 0 Å². The minimum Gasteiger partial charge on any atom is -0.378 e. The number of hydrogen-bond donors (Lipinski definition) is 1. The summed E-state index contributed by atoms with van der Waals surface area (Å²) in [6.07, 6.45) is 8.80. The molecule has 0 saturated carbocycles. The Hall–Kier alpha value is -1.10. The average Bonchev–Trinajstić information content (AvgIpc) is 3.06. The molecule has 2 aliphatic rings. The minimum absolute atomic E-state index is 0.0222. The number of carbonyl (C=O) groups is 2. The Morgan fingerprint density at radius 2 is 2.09 bits per heavy atom. The van der Waals surface area contributed by atoms with E-state index in [0.717, 1.165) is 64.5 Å². The zero-order valence-electron chi connectivity index (χ0n) is 14.7. The van der Waals surface area contributed by atoms with Gasteiger partial charge in [0.25, 0.3) is 0 Å². The molecule has 0 spiro atoms. The first-order chi connectivity index (χ1) is 11.1. The molecule has 5 heteroatoms. The van der Waals surface area contributed by atoms with Crippen molar-refractivity contribution in [1.82, 2.24) is 10.2 Å². The first kappa shape index (κ1) is 18.2. The van der Waals surface area contributed by atoms with Gasteiger partial charge >= 0.3 is 0 Å². The van der Waals surface area contributed by atoms with Crippen LogP contribution in [0.4, 0.5) is 0 Å². The van der Waals surface area contributed by atoms with Crippen molar-refractivity contribution < 1.29 is 14.3 Å². The van der Waals surface area contributed by atoms with E-state index < -0.39 is 0 Å². The first-order valence-corrected chi connectivity index (χ1v) is 9.33. The zero-order chi connectivity index (χ0) is 16.7. The van der Waals surface area contributed by atoms with Crippen LogP contribution in [0.3, 0.4) is 0 Å². The zero-order valence-corrected chi connectivity index (χ0v) is 14.7. The summed E-state index contributed by atoms with van der Waals surface area (Å²) >= 11 is 0. The molecule has 5 nitrogen and oxygen atoms in total. The number of nitrogens with zero attached hydrogens (tertiary/aromatic N) is 1. The molecule has 23 heavy (non-hydrogen) atoms. The predicted octanol–water partition coefficient (Wildman–Crippen LogP) is 2.63. The van der Waals surface area contributed by atoms with Gasteiger partial charge in [0.1, 0.15) is 6.04 Å². The second-order valence-electron chi connectivity index (χ2n) is 6.97. The van der Waals surface area contributed by atoms with Crippen molar-refractivity contribution in [2.24, 2.45) is 0 Å². The fourth-order valence-electron chi connectivity index (χ4n) is 3.58. The van der Waals surface area contributed by atoms with Gasteiger partial charge in [-0.3, -0.25) is 9.59 Å². The summed E-state index contributed by atoms with van der Waals surface area (Å²) in [6, 6.07) is -0.135. The van der Waals surface area contributed by atoms with Gasteiger partial charge in [-0.05, 0) is 58.3 Å². The monoisotopic (exact) mass is 324 g/mol.